The first-order valence-electron chi connectivity index (χ1n) is 6.96. The topological polar surface area (TPSA) is 128 Å². The van der Waals surface area contributed by atoms with Crippen LogP contribution in [0.15, 0.2) is 47.4 Å². The number of hydrogen-bond acceptors (Lipinski definition) is 6. The molecular formula is C15H15N3O6S. The fourth-order valence-electron chi connectivity index (χ4n) is 1.94. The molecule has 0 heterocycles. The summed E-state index contributed by atoms with van der Waals surface area (Å²) < 4.78 is 29.4. The summed E-state index contributed by atoms with van der Waals surface area (Å²) in [7, 11) is -3.05. The Hall–Kier alpha value is -2.98. The number of benzene rings is 2. The second-order valence-electron chi connectivity index (χ2n) is 5.02. The van der Waals surface area contributed by atoms with Crippen LogP contribution in [0.4, 0.5) is 5.69 Å². The largest absolute Gasteiger partial charge is 0.497 e. The maximum atomic E-state index is 12.3. The molecular weight excluding hydrogens is 350 g/mol. The Balaban J connectivity index is 2.23. The van der Waals surface area contributed by atoms with Gasteiger partial charge in [0.1, 0.15) is 5.75 Å². The normalized spacial score (nSPS) is 11.0. The molecule has 0 unspecified atom stereocenters. The van der Waals surface area contributed by atoms with E-state index in [9.17, 15) is 23.3 Å². The molecule has 132 valence electrons. The lowest BCUT2D eigenvalue weighted by Crippen LogP contribution is -2.41. The molecule has 0 aliphatic carbocycles. The van der Waals surface area contributed by atoms with E-state index in [1.54, 1.807) is 12.1 Å². The van der Waals surface area contributed by atoms with Gasteiger partial charge in [-0.05, 0) is 31.2 Å². The summed E-state index contributed by atoms with van der Waals surface area (Å²) in [6.07, 6.45) is 0. The number of nitrogens with zero attached hydrogens (tertiary/aromatic N) is 1. The zero-order valence-corrected chi connectivity index (χ0v) is 14.2. The molecule has 0 aliphatic rings. The summed E-state index contributed by atoms with van der Waals surface area (Å²) in [4.78, 5) is 23.5. The summed E-state index contributed by atoms with van der Waals surface area (Å²) >= 11 is 0. The number of hydrogen-bond donors (Lipinski definition) is 2. The number of carbonyl (C=O) groups excluding carboxylic acids is 1. The van der Waals surface area contributed by atoms with E-state index in [0.717, 1.165) is 17.7 Å². The number of rotatable bonds is 6. The Morgan fingerprint density at radius 1 is 1.16 bits per heavy atom. The first-order valence-corrected chi connectivity index (χ1v) is 8.44. The molecule has 0 aliphatic heterocycles. The van der Waals surface area contributed by atoms with Gasteiger partial charge in [0, 0.05) is 5.56 Å². The molecule has 0 aromatic heterocycles. The Labute approximate surface area is 143 Å². The maximum absolute atomic E-state index is 12.3. The molecule has 10 heteroatoms. The van der Waals surface area contributed by atoms with E-state index in [4.69, 9.17) is 4.74 Å². The number of sulfonamides is 1. The zero-order chi connectivity index (χ0) is 18.6. The molecule has 2 aromatic rings. The molecule has 0 radical (unpaired) electrons. The molecule has 0 atom stereocenters. The van der Waals surface area contributed by atoms with Gasteiger partial charge in [0.2, 0.25) is 0 Å². The monoisotopic (exact) mass is 365 g/mol. The van der Waals surface area contributed by atoms with Crippen molar-refractivity contribution in [2.24, 2.45) is 0 Å². The van der Waals surface area contributed by atoms with Gasteiger partial charge in [-0.1, -0.05) is 17.7 Å². The number of carbonyl (C=O) groups is 1. The van der Waals surface area contributed by atoms with Gasteiger partial charge < -0.3 is 4.74 Å². The quantitative estimate of drug-likeness (QED) is 0.590. The van der Waals surface area contributed by atoms with E-state index in [1.165, 1.54) is 25.3 Å². The summed E-state index contributed by atoms with van der Waals surface area (Å²) in [5, 5.41) is 11.1. The Morgan fingerprint density at radius 3 is 2.36 bits per heavy atom. The Kier molecular flexibility index (Phi) is 5.35. The predicted molar refractivity (Wildman–Crippen MR) is 88.6 cm³/mol. The average molecular weight is 365 g/mol. The van der Waals surface area contributed by atoms with Crippen molar-refractivity contribution < 1.29 is 22.9 Å². The predicted octanol–water partition coefficient (Wildman–Crippen LogP) is 1.54. The van der Waals surface area contributed by atoms with Crippen molar-refractivity contribution in [2.45, 2.75) is 11.8 Å². The molecule has 2 N–H and O–H groups in total. The summed E-state index contributed by atoms with van der Waals surface area (Å²) in [6, 6.07) is 9.70. The number of methoxy groups -OCH3 is 1. The fourth-order valence-corrected chi connectivity index (χ4v) is 2.93. The highest BCUT2D eigenvalue weighted by molar-refractivity contribution is 7.89. The fraction of sp³-hybridized carbons (Fsp3) is 0.133. The van der Waals surface area contributed by atoms with Crippen molar-refractivity contribution in [1.82, 2.24) is 10.3 Å². The van der Waals surface area contributed by atoms with Crippen LogP contribution in [0, 0.1) is 17.0 Å². The SMILES string of the molecule is COc1ccc(S(=O)(=O)NNC(=O)c2ccc(C)cc2)c([N+](=O)[O-])c1. The number of aryl methyl sites for hydroxylation is 1. The van der Waals surface area contributed by atoms with Crippen molar-refractivity contribution in [3.8, 4) is 5.75 Å². The van der Waals surface area contributed by atoms with Crippen LogP contribution in [-0.2, 0) is 10.0 Å². The zero-order valence-electron chi connectivity index (χ0n) is 13.3. The minimum Gasteiger partial charge on any atom is -0.497 e. The number of amides is 1. The molecule has 9 nitrogen and oxygen atoms in total. The molecule has 0 spiro atoms. The third-order valence-electron chi connectivity index (χ3n) is 3.26. The maximum Gasteiger partial charge on any atom is 0.293 e. The van der Waals surface area contributed by atoms with Gasteiger partial charge in [-0.2, -0.15) is 0 Å². The van der Waals surface area contributed by atoms with E-state index >= 15 is 0 Å². The van der Waals surface area contributed by atoms with Crippen LogP contribution in [0.2, 0.25) is 0 Å². The summed E-state index contributed by atoms with van der Waals surface area (Å²) in [6.45, 7) is 1.84. The van der Waals surface area contributed by atoms with Gasteiger partial charge in [-0.3, -0.25) is 20.3 Å². The second kappa shape index (κ2) is 7.28. The molecule has 2 aromatic carbocycles. The van der Waals surface area contributed by atoms with Crippen LogP contribution < -0.4 is 15.0 Å². The highest BCUT2D eigenvalue weighted by atomic mass is 32.2. The molecule has 0 saturated carbocycles. The van der Waals surface area contributed by atoms with Gasteiger partial charge >= 0.3 is 0 Å². The number of ether oxygens (including phenoxy) is 1. The molecule has 0 bridgehead atoms. The number of nitro benzene ring substituents is 1. The van der Waals surface area contributed by atoms with Gasteiger partial charge in [-0.25, -0.2) is 8.42 Å². The third-order valence-corrected chi connectivity index (χ3v) is 4.56. The van der Waals surface area contributed by atoms with Crippen LogP contribution in [0.25, 0.3) is 0 Å². The first-order chi connectivity index (χ1) is 11.7. The van der Waals surface area contributed by atoms with Gasteiger partial charge in [0.25, 0.3) is 21.6 Å². The van der Waals surface area contributed by atoms with Crippen LogP contribution in [0.1, 0.15) is 15.9 Å². The molecule has 1 amide bonds. The smallest absolute Gasteiger partial charge is 0.293 e. The number of hydrazine groups is 1. The molecule has 25 heavy (non-hydrogen) atoms. The van der Waals surface area contributed by atoms with Crippen LogP contribution in [0.5, 0.6) is 5.75 Å². The van der Waals surface area contributed by atoms with Crippen LogP contribution >= 0.6 is 0 Å². The van der Waals surface area contributed by atoms with E-state index < -0.39 is 31.4 Å². The highest BCUT2D eigenvalue weighted by Crippen LogP contribution is 2.27. The van der Waals surface area contributed by atoms with E-state index in [0.29, 0.717) is 0 Å². The van der Waals surface area contributed by atoms with Crippen molar-refractivity contribution in [3.63, 3.8) is 0 Å². The molecule has 2 rings (SSSR count). The van der Waals surface area contributed by atoms with E-state index in [1.807, 2.05) is 17.2 Å². The molecule has 0 saturated heterocycles. The lowest BCUT2D eigenvalue weighted by atomic mass is 10.1. The van der Waals surface area contributed by atoms with Gasteiger partial charge in [-0.15, -0.1) is 4.83 Å². The van der Waals surface area contributed by atoms with E-state index in [-0.39, 0.29) is 11.3 Å². The van der Waals surface area contributed by atoms with Gasteiger partial charge in [0.15, 0.2) is 4.90 Å². The van der Waals surface area contributed by atoms with Crippen molar-refractivity contribution in [1.29, 1.82) is 0 Å². The lowest BCUT2D eigenvalue weighted by molar-refractivity contribution is -0.387. The van der Waals surface area contributed by atoms with Crippen LogP contribution in [-0.4, -0.2) is 26.4 Å². The highest BCUT2D eigenvalue weighted by Gasteiger charge is 2.27. The third kappa shape index (κ3) is 4.31. The van der Waals surface area contributed by atoms with Crippen molar-refractivity contribution >= 4 is 21.6 Å². The Bertz CT molecular complexity index is 909. The number of nitro groups is 1. The summed E-state index contributed by atoms with van der Waals surface area (Å²) in [5.74, 6) is -0.561. The minimum absolute atomic E-state index is 0.134. The summed E-state index contributed by atoms with van der Waals surface area (Å²) in [5.41, 5.74) is 2.52. The second-order valence-corrected chi connectivity index (χ2v) is 6.67. The molecule has 0 fully saturated rings. The van der Waals surface area contributed by atoms with E-state index in [2.05, 4.69) is 0 Å². The standard InChI is InChI=1S/C15H15N3O6S/c1-10-3-5-11(6-4-10)15(19)16-17-25(22,23)14-8-7-12(24-2)9-13(14)18(20)21/h3-9,17H,1-2H3,(H,16,19). The van der Waals surface area contributed by atoms with Crippen molar-refractivity contribution in [3.05, 3.63) is 63.7 Å². The first kappa shape index (κ1) is 18.4. The Morgan fingerprint density at radius 2 is 1.80 bits per heavy atom. The average Bonchev–Trinajstić information content (AvgIpc) is 2.59. The minimum atomic E-state index is -4.35. The van der Waals surface area contributed by atoms with Gasteiger partial charge in [0.05, 0.1) is 18.1 Å². The van der Waals surface area contributed by atoms with Crippen molar-refractivity contribution in [2.75, 3.05) is 7.11 Å². The number of nitrogens with one attached hydrogen (secondary N) is 2. The van der Waals surface area contributed by atoms with Crippen LogP contribution in [0.3, 0.4) is 0 Å². The lowest BCUT2D eigenvalue weighted by Gasteiger charge is -2.10.